The summed E-state index contributed by atoms with van der Waals surface area (Å²) in [6.45, 7) is -1.90. The zero-order valence-electron chi connectivity index (χ0n) is 18.3. The molecule has 0 saturated carbocycles. The lowest BCUT2D eigenvalue weighted by Gasteiger charge is -2.38. The van der Waals surface area contributed by atoms with Crippen molar-refractivity contribution >= 4 is 15.6 Å². The topological polar surface area (TPSA) is 306 Å². The van der Waals surface area contributed by atoms with Gasteiger partial charge in [-0.15, -0.1) is 4.67 Å². The van der Waals surface area contributed by atoms with Gasteiger partial charge in [0.1, 0.15) is 42.7 Å². The first-order valence-electron chi connectivity index (χ1n) is 10.2. The molecule has 22 heteroatoms. The number of H-pyrrole nitrogens is 1. The van der Waals surface area contributed by atoms with Crippen molar-refractivity contribution < 1.29 is 77.4 Å². The summed E-state index contributed by atoms with van der Waals surface area (Å²) in [5.74, 6) is 0. The van der Waals surface area contributed by atoms with Crippen molar-refractivity contribution in [3.05, 3.63) is 33.1 Å². The maximum Gasteiger partial charge on any atom is 0.508 e. The van der Waals surface area contributed by atoms with Crippen LogP contribution in [-0.4, -0.2) is 112 Å². The molecule has 0 bridgehead atoms. The molecule has 2 saturated heterocycles. The predicted molar refractivity (Wildman–Crippen MR) is 110 cm³/mol. The van der Waals surface area contributed by atoms with Crippen LogP contribution in [0, 0.1) is 0 Å². The normalized spacial score (nSPS) is 37.7. The average molecular weight is 582 g/mol. The van der Waals surface area contributed by atoms with Crippen LogP contribution >= 0.6 is 15.6 Å². The molecule has 2 fully saturated rings. The number of nitrogens with one attached hydrogen (secondary N) is 1. The van der Waals surface area contributed by atoms with Gasteiger partial charge in [-0.3, -0.25) is 18.9 Å². The summed E-state index contributed by atoms with van der Waals surface area (Å²) in [5.41, 5.74) is -1.75. The Kier molecular flexibility index (Phi) is 9.58. The van der Waals surface area contributed by atoms with E-state index < -0.39 is 95.4 Å². The molecule has 1 aromatic heterocycles. The Morgan fingerprint density at radius 2 is 1.57 bits per heavy atom. The van der Waals surface area contributed by atoms with Gasteiger partial charge in [-0.25, -0.2) is 13.9 Å². The first-order chi connectivity index (χ1) is 17.2. The first-order valence-corrected chi connectivity index (χ1v) is 13.1. The number of aliphatic hydroxyl groups excluding tert-OH is 6. The maximum atomic E-state index is 12.1. The third kappa shape index (κ3) is 7.16. The number of phosphoric ester groups is 1. The minimum Gasteiger partial charge on any atom is -0.394 e. The zero-order chi connectivity index (χ0) is 27.7. The minimum atomic E-state index is -5.62. The molecule has 3 heterocycles. The standard InChI is InChI=1S/C15H24N2O18P2/c18-3-5-8(20)10(22)12(24)14(32-5)33-34-37(28,29)35-36(26,27)30-4-6-9(21)11(23)13(31-6)17-2-1-7(19)16-15(17)25/h1-2,5-6,8-14,18,20-24H,3-4H2,(H,26,27)(H,28,29)(H,16,19,25)/t5?,6-,8-,9-,10?,11-,12?,13-,14+/m0/s1. The molecule has 20 nitrogen and oxygen atoms in total. The number of aromatic amines is 1. The SMILES string of the molecule is O=c1ccn([C@H]2O[C@@H](COP(=O)(O)OP(=O)(O)OO[C@H]3OC(CO)[C@H](O)C(O)C3O)[C@H](O)[C@@H]2O)c(=O)[nH]1. The van der Waals surface area contributed by atoms with E-state index in [-0.39, 0.29) is 0 Å². The molecule has 1 aromatic rings. The van der Waals surface area contributed by atoms with E-state index in [0.29, 0.717) is 0 Å². The summed E-state index contributed by atoms with van der Waals surface area (Å²) in [7, 11) is -11.1. The largest absolute Gasteiger partial charge is 0.508 e. The number of hydrogen-bond acceptors (Lipinski definition) is 16. The molecular formula is C15H24N2O18P2. The van der Waals surface area contributed by atoms with E-state index in [1.165, 1.54) is 0 Å². The van der Waals surface area contributed by atoms with Crippen LogP contribution in [0.2, 0.25) is 0 Å². The molecule has 2 aliphatic rings. The van der Waals surface area contributed by atoms with E-state index in [9.17, 15) is 54.0 Å². The van der Waals surface area contributed by atoms with Gasteiger partial charge in [0.05, 0.1) is 13.2 Å². The minimum absolute atomic E-state index is 0.719. The van der Waals surface area contributed by atoms with Gasteiger partial charge in [-0.1, -0.05) is 0 Å². The fourth-order valence-electron chi connectivity index (χ4n) is 3.30. The summed E-state index contributed by atoms with van der Waals surface area (Å²) >= 11 is 0. The summed E-state index contributed by atoms with van der Waals surface area (Å²) in [4.78, 5) is 48.6. The van der Waals surface area contributed by atoms with Crippen LogP contribution in [0.5, 0.6) is 0 Å². The highest BCUT2D eigenvalue weighted by Gasteiger charge is 2.48. The number of ether oxygens (including phenoxy) is 2. The van der Waals surface area contributed by atoms with Gasteiger partial charge in [0.2, 0.25) is 6.29 Å². The van der Waals surface area contributed by atoms with Crippen molar-refractivity contribution in [2.24, 2.45) is 0 Å². The van der Waals surface area contributed by atoms with Gasteiger partial charge in [-0.2, -0.15) is 9.20 Å². The van der Waals surface area contributed by atoms with Gasteiger partial charge in [0.15, 0.2) is 6.23 Å². The van der Waals surface area contributed by atoms with Gasteiger partial charge in [0, 0.05) is 12.3 Å². The molecule has 9 N–H and O–H groups in total. The summed E-state index contributed by atoms with van der Waals surface area (Å²) in [5, 5.41) is 58.4. The van der Waals surface area contributed by atoms with Crippen LogP contribution in [0.15, 0.2) is 21.9 Å². The molecule has 2 aliphatic heterocycles. The van der Waals surface area contributed by atoms with E-state index in [0.717, 1.165) is 16.8 Å². The Labute approximate surface area is 204 Å². The van der Waals surface area contributed by atoms with Crippen LogP contribution in [-0.2, 0) is 37.0 Å². The number of phosphoric acid groups is 2. The smallest absolute Gasteiger partial charge is 0.394 e. The number of aromatic nitrogens is 2. The molecule has 3 rings (SSSR count). The van der Waals surface area contributed by atoms with Crippen LogP contribution in [0.25, 0.3) is 0 Å². The summed E-state index contributed by atoms with van der Waals surface area (Å²) < 4.78 is 47.3. The second-order valence-corrected chi connectivity index (χ2v) is 10.7. The molecule has 11 atom stereocenters. The monoisotopic (exact) mass is 582 g/mol. The molecule has 0 aliphatic carbocycles. The van der Waals surface area contributed by atoms with Crippen LogP contribution in [0.3, 0.4) is 0 Å². The average Bonchev–Trinajstić information content (AvgIpc) is 3.09. The molecule has 5 unspecified atom stereocenters. The maximum absolute atomic E-state index is 12.1. The highest BCUT2D eigenvalue weighted by molar-refractivity contribution is 7.61. The van der Waals surface area contributed by atoms with Crippen molar-refractivity contribution in [1.82, 2.24) is 9.55 Å². The molecule has 0 amide bonds. The quantitative estimate of drug-likeness (QED) is 0.0709. The second-order valence-electron chi connectivity index (χ2n) is 7.75. The number of nitrogens with zero attached hydrogens (tertiary/aromatic N) is 1. The van der Waals surface area contributed by atoms with Crippen molar-refractivity contribution in [2.75, 3.05) is 13.2 Å². The van der Waals surface area contributed by atoms with E-state index in [2.05, 4.69) is 18.4 Å². The Morgan fingerprint density at radius 1 is 0.919 bits per heavy atom. The van der Waals surface area contributed by atoms with Crippen LogP contribution in [0.4, 0.5) is 0 Å². The summed E-state index contributed by atoms with van der Waals surface area (Å²) in [6.07, 6.45) is -15.0. The van der Waals surface area contributed by atoms with Gasteiger partial charge in [0.25, 0.3) is 5.56 Å². The van der Waals surface area contributed by atoms with Crippen molar-refractivity contribution in [3.63, 3.8) is 0 Å². The molecule has 0 radical (unpaired) electrons. The zero-order valence-corrected chi connectivity index (χ0v) is 20.1. The third-order valence-electron chi connectivity index (χ3n) is 5.15. The molecule has 37 heavy (non-hydrogen) atoms. The number of aliphatic hydroxyl groups is 6. The van der Waals surface area contributed by atoms with Crippen molar-refractivity contribution in [2.45, 2.75) is 55.2 Å². The lowest BCUT2D eigenvalue weighted by molar-refractivity contribution is -0.391. The lowest BCUT2D eigenvalue weighted by atomic mass is 9.99. The third-order valence-corrected chi connectivity index (χ3v) is 7.55. The number of hydrogen-bond donors (Lipinski definition) is 9. The van der Waals surface area contributed by atoms with Crippen molar-refractivity contribution in [3.8, 4) is 0 Å². The molecule has 212 valence electrons. The van der Waals surface area contributed by atoms with E-state index in [1.54, 1.807) is 0 Å². The van der Waals surface area contributed by atoms with Crippen LogP contribution < -0.4 is 11.2 Å². The molecular weight excluding hydrogens is 558 g/mol. The second kappa shape index (κ2) is 11.8. The van der Waals surface area contributed by atoms with E-state index in [4.69, 9.17) is 14.6 Å². The van der Waals surface area contributed by atoms with Crippen LogP contribution in [0.1, 0.15) is 6.23 Å². The Bertz CT molecular complexity index is 1140. The molecule has 0 aromatic carbocycles. The first kappa shape index (κ1) is 30.1. The highest BCUT2D eigenvalue weighted by Crippen LogP contribution is 2.61. The van der Waals surface area contributed by atoms with Gasteiger partial charge in [-0.05, 0) is 0 Å². The van der Waals surface area contributed by atoms with Crippen molar-refractivity contribution in [1.29, 1.82) is 0 Å². The highest BCUT2D eigenvalue weighted by atomic mass is 31.3. The van der Waals surface area contributed by atoms with Gasteiger partial charge >= 0.3 is 21.3 Å². The Balaban J connectivity index is 1.56. The lowest BCUT2D eigenvalue weighted by Crippen LogP contribution is -2.59. The van der Waals surface area contributed by atoms with E-state index >= 15 is 0 Å². The molecule has 0 spiro atoms. The Morgan fingerprint density at radius 3 is 2.19 bits per heavy atom. The van der Waals surface area contributed by atoms with Gasteiger partial charge < -0.3 is 49.9 Å². The fraction of sp³-hybridized carbons (Fsp3) is 0.733. The summed E-state index contributed by atoms with van der Waals surface area (Å²) in [6, 6.07) is 0.925. The predicted octanol–water partition coefficient (Wildman–Crippen LogP) is -4.86. The Hall–Kier alpha value is -1.42. The van der Waals surface area contributed by atoms with E-state index in [1.807, 2.05) is 4.98 Å². The number of rotatable bonds is 10. The fourth-order valence-corrected chi connectivity index (χ4v) is 5.17.